The SMILES string of the molecule is CCOC(C(=O)OC1C[C@@]2(O)C(OC(=O)c3ccccc3)C3C4(OC(C)=O)CO[C@@H]4C[C@H](O)[C@@]3(C)C(=O)[C@H](OC(C)=O)C(=C1C)C2(C)C)C(NC(=O)c1ccccc1)c1ccccc1. The van der Waals surface area contributed by atoms with Gasteiger partial charge < -0.3 is 44.0 Å². The number of ketones is 1. The summed E-state index contributed by atoms with van der Waals surface area (Å²) in [7, 11) is 0. The third-order valence-corrected chi connectivity index (χ3v) is 13.8. The quantitative estimate of drug-likeness (QED) is 0.127. The Morgan fingerprint density at radius 1 is 0.844 bits per heavy atom. The molecule has 3 aromatic carbocycles. The Morgan fingerprint density at radius 3 is 1.98 bits per heavy atom. The van der Waals surface area contributed by atoms with Crippen LogP contribution in [-0.4, -0.2) is 107 Å². The van der Waals surface area contributed by atoms with Crippen LogP contribution in [0.3, 0.4) is 0 Å². The Labute approximate surface area is 371 Å². The van der Waals surface area contributed by atoms with E-state index in [0.717, 1.165) is 6.92 Å². The van der Waals surface area contributed by atoms with Crippen molar-refractivity contribution in [1.82, 2.24) is 5.32 Å². The third-order valence-electron chi connectivity index (χ3n) is 13.8. The maximum Gasteiger partial charge on any atom is 0.338 e. The number of rotatable bonds is 12. The van der Waals surface area contributed by atoms with Gasteiger partial charge in [0.15, 0.2) is 23.6 Å². The molecule has 15 nitrogen and oxygen atoms in total. The largest absolute Gasteiger partial charge is 0.456 e. The summed E-state index contributed by atoms with van der Waals surface area (Å²) in [6.45, 7) is 9.87. The summed E-state index contributed by atoms with van der Waals surface area (Å²) < 4.78 is 36.8. The Morgan fingerprint density at radius 2 is 1.44 bits per heavy atom. The number of amides is 1. The van der Waals surface area contributed by atoms with Gasteiger partial charge in [0.25, 0.3) is 5.91 Å². The van der Waals surface area contributed by atoms with Gasteiger partial charge in [0.05, 0.1) is 35.6 Å². The molecule has 11 atom stereocenters. The number of aliphatic hydroxyl groups excluding tert-OH is 1. The number of Topliss-reactive ketones (excluding diaryl/α,β-unsaturated/α-hetero) is 1. The normalized spacial score (nSPS) is 31.2. The lowest BCUT2D eigenvalue weighted by Crippen LogP contribution is -2.82. The Balaban J connectivity index is 1.41. The number of benzene rings is 3. The second kappa shape index (κ2) is 17.7. The van der Waals surface area contributed by atoms with Crippen molar-refractivity contribution in [3.63, 3.8) is 0 Å². The Hall–Kier alpha value is -5.74. The lowest BCUT2D eigenvalue weighted by Gasteiger charge is -2.67. The van der Waals surface area contributed by atoms with E-state index in [9.17, 15) is 34.2 Å². The number of esters is 4. The van der Waals surface area contributed by atoms with Crippen LogP contribution >= 0.6 is 0 Å². The van der Waals surface area contributed by atoms with Gasteiger partial charge in [-0.1, -0.05) is 80.6 Å². The molecule has 3 aromatic rings. The predicted molar refractivity (Wildman–Crippen MR) is 227 cm³/mol. The number of ether oxygens (including phenoxy) is 6. The number of hydrogen-bond donors (Lipinski definition) is 3. The highest BCUT2D eigenvalue weighted by molar-refractivity contribution is 5.96. The molecule has 15 heteroatoms. The van der Waals surface area contributed by atoms with Crippen LogP contribution in [0.15, 0.2) is 102 Å². The van der Waals surface area contributed by atoms with E-state index in [4.69, 9.17) is 28.4 Å². The van der Waals surface area contributed by atoms with Gasteiger partial charge in [-0.3, -0.25) is 19.2 Å². The first-order valence-corrected chi connectivity index (χ1v) is 21.4. The molecule has 1 saturated heterocycles. The first kappa shape index (κ1) is 46.3. The van der Waals surface area contributed by atoms with Crippen LogP contribution < -0.4 is 5.32 Å². The number of carbonyl (C=O) groups is 6. The van der Waals surface area contributed by atoms with Crippen molar-refractivity contribution < 1.29 is 67.4 Å². The summed E-state index contributed by atoms with van der Waals surface area (Å²) in [6, 6.07) is 24.0. The zero-order valence-corrected chi connectivity index (χ0v) is 36.9. The fraction of sp³-hybridized carbons (Fsp3) is 0.469. The van der Waals surface area contributed by atoms with Crippen LogP contribution in [-0.2, 0) is 47.6 Å². The molecule has 0 radical (unpaired) electrons. The number of aliphatic hydroxyl groups is 2. The van der Waals surface area contributed by atoms with E-state index in [2.05, 4.69) is 5.32 Å². The fourth-order valence-electron chi connectivity index (χ4n) is 10.5. The van der Waals surface area contributed by atoms with Gasteiger partial charge in [-0.25, -0.2) is 9.59 Å². The summed E-state index contributed by atoms with van der Waals surface area (Å²) in [5.74, 6) is -6.35. The van der Waals surface area contributed by atoms with Gasteiger partial charge in [-0.05, 0) is 61.7 Å². The molecule has 0 aromatic heterocycles. The molecule has 2 saturated carbocycles. The van der Waals surface area contributed by atoms with E-state index in [-0.39, 0.29) is 36.3 Å². The van der Waals surface area contributed by atoms with Gasteiger partial charge in [0.1, 0.15) is 23.9 Å². The van der Waals surface area contributed by atoms with Crippen molar-refractivity contribution in [2.45, 2.75) is 115 Å². The Bertz CT molecular complexity index is 2320. The molecule has 1 aliphatic heterocycles. The minimum absolute atomic E-state index is 0.0105. The van der Waals surface area contributed by atoms with E-state index in [1.807, 2.05) is 0 Å². The second-order valence-electron chi connectivity index (χ2n) is 17.8. The van der Waals surface area contributed by atoms with E-state index in [1.54, 1.807) is 107 Å². The summed E-state index contributed by atoms with van der Waals surface area (Å²) in [5.41, 5.74) is -6.56. The minimum Gasteiger partial charge on any atom is -0.456 e. The average Bonchev–Trinajstić information content (AvgIpc) is 3.26. The van der Waals surface area contributed by atoms with Crippen LogP contribution in [0.2, 0.25) is 0 Å². The molecule has 3 N–H and O–H groups in total. The Kier molecular flexibility index (Phi) is 12.8. The van der Waals surface area contributed by atoms with Crippen LogP contribution in [0.25, 0.3) is 0 Å². The average molecular weight is 882 g/mol. The highest BCUT2D eigenvalue weighted by Gasteiger charge is 2.78. The van der Waals surface area contributed by atoms with Gasteiger partial charge in [-0.15, -0.1) is 0 Å². The van der Waals surface area contributed by atoms with Crippen molar-refractivity contribution in [1.29, 1.82) is 0 Å². The van der Waals surface area contributed by atoms with Gasteiger partial charge in [0.2, 0.25) is 0 Å². The molecule has 3 aliphatic carbocycles. The van der Waals surface area contributed by atoms with Crippen molar-refractivity contribution in [3.8, 4) is 0 Å². The lowest BCUT2D eigenvalue weighted by molar-refractivity contribution is -0.346. The van der Waals surface area contributed by atoms with Crippen LogP contribution in [0.4, 0.5) is 0 Å². The number of carbonyl (C=O) groups excluding carboxylic acids is 6. The van der Waals surface area contributed by atoms with Crippen molar-refractivity contribution in [2.24, 2.45) is 16.7 Å². The number of nitrogens with one attached hydrogen (secondary N) is 1. The van der Waals surface area contributed by atoms with E-state index < -0.39 is 113 Å². The molecule has 6 unspecified atom stereocenters. The van der Waals surface area contributed by atoms with Gasteiger partial charge >= 0.3 is 23.9 Å². The molecule has 3 fully saturated rings. The summed E-state index contributed by atoms with van der Waals surface area (Å²) in [5, 5.41) is 28.9. The highest BCUT2D eigenvalue weighted by Crippen LogP contribution is 2.64. The second-order valence-corrected chi connectivity index (χ2v) is 17.8. The predicted octanol–water partition coefficient (Wildman–Crippen LogP) is 4.78. The summed E-state index contributed by atoms with van der Waals surface area (Å²) >= 11 is 0. The fourth-order valence-corrected chi connectivity index (χ4v) is 10.5. The zero-order chi connectivity index (χ0) is 46.4. The molecular formula is C49H55NO14. The zero-order valence-electron chi connectivity index (χ0n) is 36.9. The number of hydrogen-bond acceptors (Lipinski definition) is 14. The topological polar surface area (TPSA) is 210 Å². The van der Waals surface area contributed by atoms with E-state index >= 15 is 4.79 Å². The lowest BCUT2D eigenvalue weighted by atomic mass is 9.44. The molecule has 1 amide bonds. The molecule has 2 bridgehead atoms. The molecule has 1 heterocycles. The number of fused-ring (bicyclic) bond motifs is 5. The molecule has 64 heavy (non-hydrogen) atoms. The monoisotopic (exact) mass is 881 g/mol. The smallest absolute Gasteiger partial charge is 0.338 e. The first-order chi connectivity index (χ1) is 30.3. The standard InChI is InChI=1S/C49H55NO14/c1-8-59-39(37(30-18-12-9-13-19-30)50-43(55)31-20-14-10-15-21-31)45(57)62-33-25-49(58)42(63-44(56)32-22-16-11-17-23-32)40-47(7,34(53)24-35-48(40,26-60-35)64-29(4)52)41(54)38(61-28(3)51)36(27(33)2)46(49,5)6/h9-23,33-35,37-40,42,53,58H,8,24-26H2,1-7H3,(H,50,55)/t33?,34-,35+,37?,38+,39?,40?,42?,47+,48?,49+/m0/s1. The van der Waals surface area contributed by atoms with Crippen LogP contribution in [0.5, 0.6) is 0 Å². The van der Waals surface area contributed by atoms with Crippen molar-refractivity contribution >= 4 is 35.6 Å². The molecule has 0 spiro atoms. The van der Waals surface area contributed by atoms with Gasteiger partial charge in [0, 0.05) is 44.3 Å². The van der Waals surface area contributed by atoms with E-state index in [1.165, 1.54) is 26.0 Å². The molecular weight excluding hydrogens is 827 g/mol. The maximum absolute atomic E-state index is 15.6. The molecule has 4 aliphatic rings. The molecule has 7 rings (SSSR count). The highest BCUT2D eigenvalue weighted by atomic mass is 16.6. The van der Waals surface area contributed by atoms with E-state index in [0.29, 0.717) is 11.1 Å². The van der Waals surface area contributed by atoms with Crippen molar-refractivity contribution in [3.05, 3.63) is 119 Å². The summed E-state index contributed by atoms with van der Waals surface area (Å²) in [6.07, 6.45) is -9.70. The van der Waals surface area contributed by atoms with Crippen LogP contribution in [0, 0.1) is 16.7 Å². The molecule has 340 valence electrons. The van der Waals surface area contributed by atoms with Crippen molar-refractivity contribution in [2.75, 3.05) is 13.2 Å². The minimum atomic E-state index is -2.35. The summed E-state index contributed by atoms with van der Waals surface area (Å²) in [4.78, 5) is 84.6. The van der Waals surface area contributed by atoms with Gasteiger partial charge in [-0.2, -0.15) is 0 Å². The maximum atomic E-state index is 15.6. The van der Waals surface area contributed by atoms with Crippen LogP contribution in [0.1, 0.15) is 93.6 Å². The third kappa shape index (κ3) is 7.82. The first-order valence-electron chi connectivity index (χ1n) is 21.4.